The summed E-state index contributed by atoms with van der Waals surface area (Å²) in [6, 6.07) is 10.5. The highest BCUT2D eigenvalue weighted by atomic mass is 33.1. The van der Waals surface area contributed by atoms with Crippen LogP contribution in [0.3, 0.4) is 0 Å². The van der Waals surface area contributed by atoms with Crippen LogP contribution in [0.5, 0.6) is 0 Å². The number of anilines is 2. The number of nitriles is 6. The first-order chi connectivity index (χ1) is 25.4. The number of hydrogen-bond acceptors (Lipinski definition) is 14. The molecule has 0 aliphatic carbocycles. The molecule has 16 heteroatoms. The lowest BCUT2D eigenvalue weighted by molar-refractivity contribution is -0.117. The summed E-state index contributed by atoms with van der Waals surface area (Å²) in [6.07, 6.45) is 18.0. The van der Waals surface area contributed by atoms with Gasteiger partial charge >= 0.3 is 0 Å². The van der Waals surface area contributed by atoms with Crippen LogP contribution < -0.4 is 10.6 Å². The van der Waals surface area contributed by atoms with Gasteiger partial charge in [-0.05, 0) is 25.7 Å². The van der Waals surface area contributed by atoms with Crippen molar-refractivity contribution >= 4 is 45.0 Å². The predicted molar refractivity (Wildman–Crippen MR) is 198 cm³/mol. The third-order valence-electron chi connectivity index (χ3n) is 7.79. The molecule has 2 aromatic rings. The molecule has 52 heavy (non-hydrogen) atoms. The molecule has 0 saturated heterocycles. The Bertz CT molecular complexity index is 1620. The summed E-state index contributed by atoms with van der Waals surface area (Å²) in [4.78, 5) is 39.9. The highest BCUT2D eigenvalue weighted by molar-refractivity contribution is 8.76. The summed E-state index contributed by atoms with van der Waals surface area (Å²) < 4.78 is 0. The SMILES string of the molecule is N#Cc1nc(C#N)c(NC(=O)CCCCCCCCCCSSCCCCCCCCCCC(=O)Nc2nc(C#N)c(C#N)nc2C#N)nc1C#N. The van der Waals surface area contributed by atoms with E-state index in [0.717, 1.165) is 51.4 Å². The first kappa shape index (κ1) is 42.9. The lowest BCUT2D eigenvalue weighted by atomic mass is 10.1. The quantitative estimate of drug-likeness (QED) is 0.0740. The number of nitrogens with one attached hydrogen (secondary N) is 2. The van der Waals surface area contributed by atoms with E-state index in [9.17, 15) is 20.1 Å². The Labute approximate surface area is 313 Å². The molecular formula is C36H42N12O2S2. The highest BCUT2D eigenvalue weighted by Crippen LogP contribution is 2.25. The van der Waals surface area contributed by atoms with E-state index in [1.807, 2.05) is 21.6 Å². The normalized spacial score (nSPS) is 10.1. The molecule has 0 saturated carbocycles. The van der Waals surface area contributed by atoms with Gasteiger partial charge in [0.25, 0.3) is 0 Å². The Balaban J connectivity index is 1.35. The zero-order valence-electron chi connectivity index (χ0n) is 29.2. The first-order valence-electron chi connectivity index (χ1n) is 17.5. The van der Waals surface area contributed by atoms with Gasteiger partial charge in [0.05, 0.1) is 0 Å². The Morgan fingerprint density at radius 1 is 0.404 bits per heavy atom. The van der Waals surface area contributed by atoms with Crippen LogP contribution in [0.15, 0.2) is 0 Å². The van der Waals surface area contributed by atoms with Gasteiger partial charge in [0, 0.05) is 24.3 Å². The molecule has 0 atom stereocenters. The van der Waals surface area contributed by atoms with Crippen molar-refractivity contribution in [3.63, 3.8) is 0 Å². The van der Waals surface area contributed by atoms with Crippen LogP contribution in [0.2, 0.25) is 0 Å². The maximum Gasteiger partial charge on any atom is 0.225 e. The number of hydrogen-bond donors (Lipinski definition) is 2. The number of carbonyl (C=O) groups is 2. The molecular weight excluding hydrogens is 697 g/mol. The molecule has 2 aromatic heterocycles. The summed E-state index contributed by atoms with van der Waals surface area (Å²) in [5.74, 6) is 1.58. The standard InChI is InChI=1S/C36H42N12O2S2/c37-21-27-29(23-39)45-35(31(25-41)43-27)47-33(49)17-13-9-5-1-3-7-11-15-19-51-52-20-16-12-8-4-2-6-10-14-18-34(50)48-36-32(26-42)44-28(22-38)30(24-40)46-36/h1-20H2,(H,45,47,49)(H,46,48,50). The molecule has 270 valence electrons. The third kappa shape index (κ3) is 16.6. The smallest absolute Gasteiger partial charge is 0.225 e. The summed E-state index contributed by atoms with van der Waals surface area (Å²) in [5.41, 5.74) is -1.30. The Morgan fingerprint density at radius 2 is 0.673 bits per heavy atom. The van der Waals surface area contributed by atoms with Crippen molar-refractivity contribution < 1.29 is 9.59 Å². The Kier molecular flexibility index (Phi) is 21.9. The fraction of sp³-hybridized carbons (Fsp3) is 0.556. The van der Waals surface area contributed by atoms with E-state index >= 15 is 0 Å². The van der Waals surface area contributed by atoms with Gasteiger partial charge in [0.2, 0.25) is 11.8 Å². The van der Waals surface area contributed by atoms with Crippen molar-refractivity contribution in [2.45, 2.75) is 116 Å². The van der Waals surface area contributed by atoms with Gasteiger partial charge in [-0.15, -0.1) is 0 Å². The third-order valence-corrected chi connectivity index (χ3v) is 10.4. The lowest BCUT2D eigenvalue weighted by Crippen LogP contribution is -2.15. The van der Waals surface area contributed by atoms with Gasteiger partial charge < -0.3 is 10.6 Å². The van der Waals surface area contributed by atoms with Gasteiger partial charge in [-0.25, -0.2) is 19.9 Å². The van der Waals surface area contributed by atoms with Crippen LogP contribution in [0, 0.1) is 68.0 Å². The molecule has 2 amide bonds. The molecule has 2 heterocycles. The molecule has 0 unspecified atom stereocenters. The molecule has 2 rings (SSSR count). The minimum absolute atomic E-state index is 0.0883. The number of carbonyl (C=O) groups excluding carboxylic acids is 2. The van der Waals surface area contributed by atoms with Gasteiger partial charge in [-0.1, -0.05) is 98.6 Å². The number of amides is 2. The Hall–Kier alpha value is -5.26. The van der Waals surface area contributed by atoms with Crippen molar-refractivity contribution in [3.05, 3.63) is 34.2 Å². The average Bonchev–Trinajstić information content (AvgIpc) is 3.16. The van der Waals surface area contributed by atoms with E-state index in [-0.39, 0.29) is 70.5 Å². The van der Waals surface area contributed by atoms with Crippen LogP contribution >= 0.6 is 21.6 Å². The van der Waals surface area contributed by atoms with Gasteiger partial charge in [-0.2, -0.15) is 31.6 Å². The second-order valence-corrected chi connectivity index (χ2v) is 14.5. The zero-order valence-corrected chi connectivity index (χ0v) is 30.9. The molecule has 0 radical (unpaired) electrons. The van der Waals surface area contributed by atoms with Crippen molar-refractivity contribution in [2.75, 3.05) is 22.1 Å². The second kappa shape index (κ2) is 26.5. The van der Waals surface area contributed by atoms with Crippen LogP contribution in [0.25, 0.3) is 0 Å². The molecule has 0 spiro atoms. The van der Waals surface area contributed by atoms with E-state index < -0.39 is 0 Å². The van der Waals surface area contributed by atoms with Crippen LogP contribution in [-0.2, 0) is 9.59 Å². The van der Waals surface area contributed by atoms with E-state index in [2.05, 4.69) is 30.6 Å². The molecule has 0 aliphatic rings. The van der Waals surface area contributed by atoms with Gasteiger partial charge in [0.15, 0.2) is 45.8 Å². The fourth-order valence-corrected chi connectivity index (χ4v) is 7.33. The number of aromatic nitrogens is 4. The zero-order chi connectivity index (χ0) is 37.8. The van der Waals surface area contributed by atoms with Crippen molar-refractivity contribution in [2.24, 2.45) is 0 Å². The lowest BCUT2D eigenvalue weighted by Gasteiger charge is -2.07. The van der Waals surface area contributed by atoms with Crippen molar-refractivity contribution in [1.82, 2.24) is 19.9 Å². The summed E-state index contributed by atoms with van der Waals surface area (Å²) in [5, 5.41) is 59.7. The second-order valence-electron chi connectivity index (χ2n) is 11.8. The summed E-state index contributed by atoms with van der Waals surface area (Å²) in [6.45, 7) is 0. The first-order valence-corrected chi connectivity index (χ1v) is 20.0. The predicted octanol–water partition coefficient (Wildman–Crippen LogP) is 7.48. The van der Waals surface area contributed by atoms with Gasteiger partial charge in [-0.3, -0.25) is 9.59 Å². The van der Waals surface area contributed by atoms with E-state index in [4.69, 9.17) is 21.0 Å². The van der Waals surface area contributed by atoms with Crippen LogP contribution in [0.1, 0.15) is 150 Å². The fourth-order valence-electron chi connectivity index (χ4n) is 5.03. The molecule has 0 aromatic carbocycles. The molecule has 14 nitrogen and oxygen atoms in total. The van der Waals surface area contributed by atoms with Gasteiger partial charge in [0.1, 0.15) is 36.4 Å². The maximum absolute atomic E-state index is 12.3. The van der Waals surface area contributed by atoms with Crippen LogP contribution in [-0.4, -0.2) is 43.3 Å². The molecule has 0 aliphatic heterocycles. The monoisotopic (exact) mass is 738 g/mol. The van der Waals surface area contributed by atoms with Crippen LogP contribution in [0.4, 0.5) is 11.6 Å². The minimum atomic E-state index is -0.296. The average molecular weight is 739 g/mol. The highest BCUT2D eigenvalue weighted by Gasteiger charge is 2.17. The van der Waals surface area contributed by atoms with E-state index in [1.54, 1.807) is 36.4 Å². The number of rotatable bonds is 25. The van der Waals surface area contributed by atoms with E-state index in [0.29, 0.717) is 0 Å². The largest absolute Gasteiger partial charge is 0.308 e. The topological polar surface area (TPSA) is 252 Å². The summed E-state index contributed by atoms with van der Waals surface area (Å²) in [7, 11) is 3.92. The number of unbranched alkanes of at least 4 members (excludes halogenated alkanes) is 14. The van der Waals surface area contributed by atoms with Crippen molar-refractivity contribution in [3.8, 4) is 36.4 Å². The minimum Gasteiger partial charge on any atom is -0.308 e. The van der Waals surface area contributed by atoms with Crippen molar-refractivity contribution in [1.29, 1.82) is 31.6 Å². The number of nitrogens with zero attached hydrogens (tertiary/aromatic N) is 10. The maximum atomic E-state index is 12.3. The molecule has 0 bridgehead atoms. The van der Waals surface area contributed by atoms with E-state index in [1.165, 1.54) is 62.9 Å². The summed E-state index contributed by atoms with van der Waals surface area (Å²) >= 11 is 0. The Morgan fingerprint density at radius 3 is 0.981 bits per heavy atom. The molecule has 0 fully saturated rings. The molecule has 2 N–H and O–H groups in total.